The maximum atomic E-state index is 13.7. The van der Waals surface area contributed by atoms with Gasteiger partial charge in [0.15, 0.2) is 0 Å². The number of nitrogens with one attached hydrogen (secondary N) is 2. The maximum Gasteiger partial charge on any atom is 0.379 e. The second-order valence-electron chi connectivity index (χ2n) is 7.71. The molecule has 1 aromatic carbocycles. The van der Waals surface area contributed by atoms with Crippen molar-refractivity contribution in [3.8, 4) is 0 Å². The van der Waals surface area contributed by atoms with Crippen molar-refractivity contribution < 1.29 is 27.2 Å². The van der Waals surface area contributed by atoms with Crippen LogP contribution in [-0.2, 0) is 4.79 Å². The molecule has 1 heterocycles. The van der Waals surface area contributed by atoms with Crippen LogP contribution in [0.15, 0.2) is 18.2 Å². The second kappa shape index (κ2) is 14.9. The lowest BCUT2D eigenvalue weighted by atomic mass is 9.99. The van der Waals surface area contributed by atoms with Crippen LogP contribution in [0.5, 0.6) is 0 Å². The van der Waals surface area contributed by atoms with Gasteiger partial charge in [-0.05, 0) is 43.0 Å². The number of piperidine rings is 1. The molecule has 0 spiro atoms. The number of halogens is 5. The number of urea groups is 1. The highest BCUT2D eigenvalue weighted by atomic mass is 35.5. The van der Waals surface area contributed by atoms with Crippen LogP contribution in [-0.4, -0.2) is 42.6 Å². The average molecular weight is 482 g/mol. The molecule has 1 aromatic rings. The molecule has 182 valence electrons. The van der Waals surface area contributed by atoms with Crippen LogP contribution in [0.4, 0.5) is 22.4 Å². The fourth-order valence-electron chi connectivity index (χ4n) is 3.59. The molecule has 5 nitrogen and oxygen atoms in total. The summed E-state index contributed by atoms with van der Waals surface area (Å²) in [6, 6.07) is 3.67. The van der Waals surface area contributed by atoms with Gasteiger partial charge in [0.25, 0.3) is 0 Å². The number of carbonyl (C=O) groups excluding carboxylic acids is 2. The van der Waals surface area contributed by atoms with Gasteiger partial charge in [-0.2, -0.15) is 13.2 Å². The van der Waals surface area contributed by atoms with Crippen LogP contribution in [0, 0.1) is 5.82 Å². The average Bonchev–Trinajstić information content (AvgIpc) is 2.72. The first-order valence-corrected chi connectivity index (χ1v) is 11.2. The zero-order valence-electron chi connectivity index (χ0n) is 18.5. The quantitative estimate of drug-likeness (QED) is 0.354. The summed E-state index contributed by atoms with van der Waals surface area (Å²) < 4.78 is 42.7. The fourth-order valence-corrected chi connectivity index (χ4v) is 3.84. The Balaban J connectivity index is 0.00000118. The van der Waals surface area contributed by atoms with E-state index < -0.39 is 6.68 Å². The summed E-state index contributed by atoms with van der Waals surface area (Å²) in [6.07, 6.45) is 6.42. The molecule has 3 amide bonds. The molecule has 1 unspecified atom stereocenters. The predicted molar refractivity (Wildman–Crippen MR) is 117 cm³/mol. The molecule has 1 aliphatic rings. The van der Waals surface area contributed by atoms with Crippen molar-refractivity contribution in [1.82, 2.24) is 15.5 Å². The molecule has 0 aromatic heterocycles. The third kappa shape index (κ3) is 11.0. The zero-order valence-corrected chi connectivity index (χ0v) is 19.2. The van der Waals surface area contributed by atoms with Gasteiger partial charge in [0.2, 0.25) is 5.91 Å². The number of hydrogen-bond donors (Lipinski definition) is 2. The minimum Gasteiger partial charge on any atom is -0.343 e. The molecule has 0 radical (unpaired) electrons. The minimum absolute atomic E-state index is 0.0272. The number of benzene rings is 1. The summed E-state index contributed by atoms with van der Waals surface area (Å²) in [7, 11) is 0. The number of unbranched alkanes of at least 4 members (excludes halogenated alkanes) is 3. The molecule has 1 fully saturated rings. The van der Waals surface area contributed by atoms with Crippen molar-refractivity contribution in [2.75, 3.05) is 13.1 Å². The first-order chi connectivity index (χ1) is 15.1. The summed E-state index contributed by atoms with van der Waals surface area (Å²) in [4.78, 5) is 25.8. The maximum absolute atomic E-state index is 13.7. The van der Waals surface area contributed by atoms with E-state index in [1.807, 2.05) is 0 Å². The lowest BCUT2D eigenvalue weighted by Gasteiger charge is -2.32. The highest BCUT2D eigenvalue weighted by Crippen LogP contribution is 2.28. The van der Waals surface area contributed by atoms with Gasteiger partial charge in [-0.25, -0.2) is 9.18 Å². The number of carbonyl (C=O) groups is 2. The Bertz CT molecular complexity index is 714. The SMILES string of the molecule is CCCCCCC(NC(=O)NC1CCN(C(C)=O)CC1)c1cc(F)ccc1Cl.FC(F)F. The van der Waals surface area contributed by atoms with E-state index in [9.17, 15) is 27.2 Å². The van der Waals surface area contributed by atoms with E-state index >= 15 is 0 Å². The Morgan fingerprint density at radius 2 is 1.78 bits per heavy atom. The van der Waals surface area contributed by atoms with Crippen LogP contribution in [0.1, 0.15) is 70.4 Å². The van der Waals surface area contributed by atoms with Crippen molar-refractivity contribution in [2.45, 2.75) is 77.6 Å². The van der Waals surface area contributed by atoms with Crippen LogP contribution in [0.25, 0.3) is 0 Å². The zero-order chi connectivity index (χ0) is 24.1. The van der Waals surface area contributed by atoms with Gasteiger partial charge in [-0.1, -0.05) is 44.2 Å². The summed E-state index contributed by atoms with van der Waals surface area (Å²) in [5, 5.41) is 6.42. The van der Waals surface area contributed by atoms with E-state index in [2.05, 4.69) is 17.6 Å². The smallest absolute Gasteiger partial charge is 0.343 e. The van der Waals surface area contributed by atoms with E-state index in [1.54, 1.807) is 11.8 Å². The molecule has 0 saturated carbocycles. The van der Waals surface area contributed by atoms with E-state index in [1.165, 1.54) is 18.2 Å². The lowest BCUT2D eigenvalue weighted by Crippen LogP contribution is -2.49. The third-order valence-corrected chi connectivity index (χ3v) is 5.60. The summed E-state index contributed by atoms with van der Waals surface area (Å²) in [6.45, 7) is 1.34. The van der Waals surface area contributed by atoms with Crippen molar-refractivity contribution in [3.05, 3.63) is 34.6 Å². The topological polar surface area (TPSA) is 61.4 Å². The predicted octanol–water partition coefficient (Wildman–Crippen LogP) is 5.98. The molecular weight excluding hydrogens is 450 g/mol. The van der Waals surface area contributed by atoms with Crippen molar-refractivity contribution in [3.63, 3.8) is 0 Å². The van der Waals surface area contributed by atoms with Crippen molar-refractivity contribution in [1.29, 1.82) is 0 Å². The Morgan fingerprint density at radius 1 is 1.16 bits per heavy atom. The molecular formula is C22H32ClF4N3O2. The van der Waals surface area contributed by atoms with Gasteiger partial charge >= 0.3 is 12.7 Å². The monoisotopic (exact) mass is 481 g/mol. The third-order valence-electron chi connectivity index (χ3n) is 5.26. The molecule has 0 bridgehead atoms. The Morgan fingerprint density at radius 3 is 2.34 bits per heavy atom. The van der Waals surface area contributed by atoms with Crippen molar-refractivity contribution >= 4 is 23.5 Å². The molecule has 1 atom stereocenters. The van der Waals surface area contributed by atoms with Crippen LogP contribution in [0.3, 0.4) is 0 Å². The molecule has 32 heavy (non-hydrogen) atoms. The lowest BCUT2D eigenvalue weighted by molar-refractivity contribution is -0.129. The van der Waals surface area contributed by atoms with Gasteiger partial charge < -0.3 is 15.5 Å². The number of nitrogens with zero attached hydrogens (tertiary/aromatic N) is 1. The van der Waals surface area contributed by atoms with Crippen LogP contribution in [0.2, 0.25) is 5.02 Å². The summed E-state index contributed by atoms with van der Waals surface area (Å²) in [5.41, 5.74) is 0.611. The van der Waals surface area contributed by atoms with E-state index in [4.69, 9.17) is 11.6 Å². The van der Waals surface area contributed by atoms with Gasteiger partial charge in [0.05, 0.1) is 6.04 Å². The van der Waals surface area contributed by atoms with Crippen LogP contribution >= 0.6 is 11.6 Å². The van der Waals surface area contributed by atoms with E-state index in [-0.39, 0.29) is 29.8 Å². The van der Waals surface area contributed by atoms with E-state index in [0.29, 0.717) is 30.1 Å². The molecule has 1 aliphatic heterocycles. The number of amides is 3. The van der Waals surface area contributed by atoms with Gasteiger partial charge in [-0.3, -0.25) is 4.79 Å². The molecule has 10 heteroatoms. The molecule has 0 aliphatic carbocycles. The Hall–Kier alpha value is -2.03. The summed E-state index contributed by atoms with van der Waals surface area (Å²) in [5.74, 6) is -0.299. The second-order valence-corrected chi connectivity index (χ2v) is 8.12. The van der Waals surface area contributed by atoms with Gasteiger partial charge in [-0.15, -0.1) is 0 Å². The minimum atomic E-state index is -3.67. The highest BCUT2D eigenvalue weighted by Gasteiger charge is 2.24. The number of hydrogen-bond acceptors (Lipinski definition) is 2. The Kier molecular flexibility index (Phi) is 13.1. The van der Waals surface area contributed by atoms with Gasteiger partial charge in [0, 0.05) is 31.1 Å². The molecule has 1 saturated heterocycles. The number of likely N-dealkylation sites (tertiary alicyclic amines) is 1. The molecule has 2 rings (SSSR count). The van der Waals surface area contributed by atoms with E-state index in [0.717, 1.165) is 38.5 Å². The first-order valence-electron chi connectivity index (χ1n) is 10.8. The summed E-state index contributed by atoms with van der Waals surface area (Å²) >= 11 is 6.28. The highest BCUT2D eigenvalue weighted by molar-refractivity contribution is 6.31. The number of rotatable bonds is 8. The number of alkyl halides is 3. The molecule has 2 N–H and O–H groups in total. The largest absolute Gasteiger partial charge is 0.379 e. The standard InChI is InChI=1S/C21H31ClFN3O2.CHF3/c1-3-4-5-6-7-20(18-14-16(23)8-9-19(18)22)25-21(28)24-17-10-12-26(13-11-17)15(2)27;2-1(3)4/h8-9,14,17,20H,3-7,10-13H2,1-2H3,(H2,24,25,28);1H. The Labute approximate surface area is 191 Å². The van der Waals surface area contributed by atoms with Crippen molar-refractivity contribution in [2.24, 2.45) is 0 Å². The van der Waals surface area contributed by atoms with Gasteiger partial charge in [0.1, 0.15) is 5.82 Å². The fraction of sp³-hybridized carbons (Fsp3) is 0.636. The van der Waals surface area contributed by atoms with Crippen LogP contribution < -0.4 is 10.6 Å². The normalized spacial score (nSPS) is 15.1. The first kappa shape index (κ1) is 28.0.